The van der Waals surface area contributed by atoms with Crippen molar-refractivity contribution in [3.05, 3.63) is 30.1 Å². The maximum absolute atomic E-state index is 12.1. The van der Waals surface area contributed by atoms with Gasteiger partial charge in [0.15, 0.2) is 10.8 Å². The van der Waals surface area contributed by atoms with Crippen LogP contribution in [-0.4, -0.2) is 36.8 Å². The average molecular weight is 357 g/mol. The second kappa shape index (κ2) is 6.63. The van der Waals surface area contributed by atoms with Crippen LogP contribution in [0.4, 0.5) is 0 Å². The highest BCUT2D eigenvalue weighted by Crippen LogP contribution is 2.27. The van der Waals surface area contributed by atoms with E-state index in [1.54, 1.807) is 0 Å². The number of para-hydroxylation sites is 1. The van der Waals surface area contributed by atoms with Crippen molar-refractivity contribution in [3.8, 4) is 0 Å². The summed E-state index contributed by atoms with van der Waals surface area (Å²) in [5.41, 5.74) is 1.45. The molecule has 1 amide bonds. The van der Waals surface area contributed by atoms with E-state index in [4.69, 9.17) is 4.98 Å². The molecule has 2 aromatic heterocycles. The molecule has 0 radical (unpaired) electrons. The molecule has 0 aliphatic carbocycles. The molecule has 2 heterocycles. The third kappa shape index (κ3) is 3.76. The van der Waals surface area contributed by atoms with Crippen molar-refractivity contribution in [3.63, 3.8) is 0 Å². The Balaban J connectivity index is 1.99. The summed E-state index contributed by atoms with van der Waals surface area (Å²) in [6.07, 6.45) is 0. The third-order valence-corrected chi connectivity index (χ3v) is 4.53. The van der Waals surface area contributed by atoms with E-state index in [-0.39, 0.29) is 17.4 Å². The highest BCUT2D eigenvalue weighted by atomic mass is 32.2. The van der Waals surface area contributed by atoms with E-state index in [0.29, 0.717) is 10.9 Å². The van der Waals surface area contributed by atoms with Gasteiger partial charge in [-0.15, -0.1) is 10.2 Å². The molecular weight excluding hydrogens is 334 g/mol. The Morgan fingerprint density at radius 1 is 1.24 bits per heavy atom. The Bertz CT molecular complexity index is 926. The summed E-state index contributed by atoms with van der Waals surface area (Å²) in [7, 11) is 0. The molecule has 0 fully saturated rings. The predicted molar refractivity (Wildman–Crippen MR) is 101 cm³/mol. The van der Waals surface area contributed by atoms with Gasteiger partial charge in [0.1, 0.15) is 5.82 Å². The van der Waals surface area contributed by atoms with Crippen LogP contribution in [0.3, 0.4) is 0 Å². The highest BCUT2D eigenvalue weighted by Gasteiger charge is 2.19. The number of benzene rings is 1. The summed E-state index contributed by atoms with van der Waals surface area (Å²) < 4.78 is 1.97. The summed E-state index contributed by atoms with van der Waals surface area (Å²) in [5, 5.41) is 13.3. The molecule has 7 heteroatoms. The second-order valence-corrected chi connectivity index (χ2v) is 8.31. The zero-order chi connectivity index (χ0) is 18.2. The van der Waals surface area contributed by atoms with Crippen LogP contribution in [0.15, 0.2) is 29.4 Å². The number of fused-ring (bicyclic) bond motifs is 3. The molecule has 1 N–H and O–H groups in total. The Morgan fingerprint density at radius 3 is 2.64 bits per heavy atom. The summed E-state index contributed by atoms with van der Waals surface area (Å²) in [4.78, 5) is 16.9. The number of hydrogen-bond acceptors (Lipinski definition) is 5. The lowest BCUT2D eigenvalue weighted by Crippen LogP contribution is -2.41. The second-order valence-electron chi connectivity index (χ2n) is 7.37. The highest BCUT2D eigenvalue weighted by molar-refractivity contribution is 7.99. The summed E-state index contributed by atoms with van der Waals surface area (Å²) in [5.74, 6) is 1.39. The summed E-state index contributed by atoms with van der Waals surface area (Å²) in [6.45, 7) is 10.1. The van der Waals surface area contributed by atoms with Gasteiger partial charge in [-0.25, -0.2) is 4.98 Å². The lowest BCUT2D eigenvalue weighted by molar-refractivity contribution is -0.119. The minimum absolute atomic E-state index is 0.0194. The first-order chi connectivity index (χ1) is 11.8. The minimum atomic E-state index is -0.245. The number of aromatic nitrogens is 4. The fraction of sp³-hybridized carbons (Fsp3) is 0.444. The topological polar surface area (TPSA) is 72.2 Å². The molecule has 0 saturated heterocycles. The molecule has 25 heavy (non-hydrogen) atoms. The number of carbonyl (C=O) groups is 1. The van der Waals surface area contributed by atoms with Crippen molar-refractivity contribution >= 4 is 34.2 Å². The summed E-state index contributed by atoms with van der Waals surface area (Å²) in [6, 6.07) is 7.92. The molecule has 6 nitrogen and oxygen atoms in total. The van der Waals surface area contributed by atoms with Gasteiger partial charge in [0.05, 0.1) is 11.3 Å². The van der Waals surface area contributed by atoms with Crippen LogP contribution in [0.1, 0.15) is 46.4 Å². The molecule has 0 atom stereocenters. The number of rotatable bonds is 4. The Hall–Kier alpha value is -2.15. The van der Waals surface area contributed by atoms with Gasteiger partial charge in [0, 0.05) is 16.8 Å². The fourth-order valence-corrected chi connectivity index (χ4v) is 3.39. The first-order valence-corrected chi connectivity index (χ1v) is 9.32. The fourth-order valence-electron chi connectivity index (χ4n) is 2.65. The van der Waals surface area contributed by atoms with E-state index >= 15 is 0 Å². The zero-order valence-corrected chi connectivity index (χ0v) is 16.0. The number of amides is 1. The van der Waals surface area contributed by atoms with Crippen molar-refractivity contribution in [1.29, 1.82) is 0 Å². The molecule has 1 aromatic carbocycles. The van der Waals surface area contributed by atoms with Crippen LogP contribution in [0.2, 0.25) is 0 Å². The number of thioether (sulfide) groups is 1. The summed E-state index contributed by atoms with van der Waals surface area (Å²) >= 11 is 1.38. The normalized spacial score (nSPS) is 12.2. The molecule has 3 rings (SSSR count). The van der Waals surface area contributed by atoms with Crippen LogP contribution < -0.4 is 5.32 Å². The molecule has 0 aliphatic heterocycles. The van der Waals surface area contributed by atoms with Crippen molar-refractivity contribution in [2.45, 2.75) is 51.2 Å². The molecule has 0 aliphatic rings. The van der Waals surface area contributed by atoms with E-state index in [9.17, 15) is 4.79 Å². The van der Waals surface area contributed by atoms with Gasteiger partial charge in [-0.1, -0.05) is 37.7 Å². The Labute approximate surface area is 151 Å². The number of nitrogens with zero attached hydrogens (tertiary/aromatic N) is 4. The lowest BCUT2D eigenvalue weighted by Gasteiger charge is -2.20. The van der Waals surface area contributed by atoms with E-state index < -0.39 is 0 Å². The van der Waals surface area contributed by atoms with Crippen LogP contribution in [0, 0.1) is 0 Å². The Morgan fingerprint density at radius 2 is 1.96 bits per heavy atom. The zero-order valence-electron chi connectivity index (χ0n) is 15.2. The van der Waals surface area contributed by atoms with Gasteiger partial charge in [0.2, 0.25) is 5.91 Å². The van der Waals surface area contributed by atoms with E-state index in [2.05, 4.69) is 29.4 Å². The van der Waals surface area contributed by atoms with Crippen molar-refractivity contribution in [2.75, 3.05) is 5.75 Å². The Kier molecular flexibility index (Phi) is 4.69. The van der Waals surface area contributed by atoms with Gasteiger partial charge in [-0.2, -0.15) is 0 Å². The molecule has 0 saturated carbocycles. The maximum Gasteiger partial charge on any atom is 0.230 e. The quantitative estimate of drug-likeness (QED) is 0.725. The van der Waals surface area contributed by atoms with Gasteiger partial charge >= 0.3 is 0 Å². The molecule has 132 valence electrons. The molecule has 0 bridgehead atoms. The SMILES string of the molecule is CC(C)c1nc2ccccc2c2nnc(SCC(=O)NC(C)(C)C)n12. The van der Waals surface area contributed by atoms with E-state index in [1.807, 2.05) is 49.4 Å². The maximum atomic E-state index is 12.1. The number of carbonyl (C=O) groups excluding carboxylic acids is 1. The van der Waals surface area contributed by atoms with Crippen molar-refractivity contribution < 1.29 is 4.79 Å². The third-order valence-electron chi connectivity index (χ3n) is 3.61. The smallest absolute Gasteiger partial charge is 0.230 e. The monoisotopic (exact) mass is 357 g/mol. The van der Waals surface area contributed by atoms with Crippen LogP contribution in [0.25, 0.3) is 16.6 Å². The predicted octanol–water partition coefficient (Wildman–Crippen LogP) is 3.41. The average Bonchev–Trinajstić information content (AvgIpc) is 2.94. The number of hydrogen-bond donors (Lipinski definition) is 1. The van der Waals surface area contributed by atoms with E-state index in [0.717, 1.165) is 22.4 Å². The molecule has 0 spiro atoms. The molecular formula is C18H23N5OS. The van der Waals surface area contributed by atoms with Gasteiger partial charge < -0.3 is 5.32 Å². The van der Waals surface area contributed by atoms with Crippen molar-refractivity contribution in [2.24, 2.45) is 0 Å². The first-order valence-electron chi connectivity index (χ1n) is 8.34. The van der Waals surface area contributed by atoms with Gasteiger partial charge in [-0.3, -0.25) is 9.20 Å². The van der Waals surface area contributed by atoms with Crippen molar-refractivity contribution in [1.82, 2.24) is 24.9 Å². The molecule has 0 unspecified atom stereocenters. The van der Waals surface area contributed by atoms with E-state index in [1.165, 1.54) is 11.8 Å². The lowest BCUT2D eigenvalue weighted by atomic mass is 10.1. The first kappa shape index (κ1) is 17.7. The largest absolute Gasteiger partial charge is 0.351 e. The van der Waals surface area contributed by atoms with Gasteiger partial charge in [-0.05, 0) is 32.9 Å². The molecule has 3 aromatic rings. The standard InChI is InChI=1S/C18H23N5OS/c1-11(2)15-19-13-9-7-6-8-12(13)16-21-22-17(23(15)16)25-10-14(24)20-18(3,4)5/h6-9,11H,10H2,1-5H3,(H,20,24). The minimum Gasteiger partial charge on any atom is -0.351 e. The van der Waals surface area contributed by atoms with Crippen LogP contribution >= 0.6 is 11.8 Å². The van der Waals surface area contributed by atoms with Crippen LogP contribution in [-0.2, 0) is 4.79 Å². The van der Waals surface area contributed by atoms with Gasteiger partial charge in [0.25, 0.3) is 0 Å². The van der Waals surface area contributed by atoms with Crippen LogP contribution in [0.5, 0.6) is 0 Å². The number of nitrogens with one attached hydrogen (secondary N) is 1.